The number of halogens is 1. The van der Waals surface area contributed by atoms with E-state index in [1.807, 2.05) is 7.05 Å². The van der Waals surface area contributed by atoms with Gasteiger partial charge in [0.2, 0.25) is 0 Å². The Hall–Kier alpha value is -0.900. The average molecular weight is 530 g/mol. The van der Waals surface area contributed by atoms with Gasteiger partial charge in [-0.2, -0.15) is 0 Å². The molecule has 2 aliphatic heterocycles. The molecule has 2 aliphatic rings. The molecule has 1 aromatic rings. The van der Waals surface area contributed by atoms with Crippen LogP contribution in [0.3, 0.4) is 0 Å². The third-order valence-electron chi connectivity index (χ3n) is 6.34. The highest BCUT2D eigenvalue weighted by Crippen LogP contribution is 2.31. The van der Waals surface area contributed by atoms with E-state index in [1.165, 1.54) is 49.9 Å². The lowest BCUT2D eigenvalue weighted by molar-refractivity contribution is 0.127. The summed E-state index contributed by atoms with van der Waals surface area (Å²) in [5, 5.41) is 16.3. The highest BCUT2D eigenvalue weighted by molar-refractivity contribution is 14.0. The van der Waals surface area contributed by atoms with Gasteiger partial charge in [-0.1, -0.05) is 37.1 Å². The van der Waals surface area contributed by atoms with E-state index in [0.717, 1.165) is 45.0 Å². The molecule has 30 heavy (non-hydrogen) atoms. The third-order valence-corrected chi connectivity index (χ3v) is 6.34. The Bertz CT molecular complexity index is 642. The van der Waals surface area contributed by atoms with E-state index in [0.29, 0.717) is 6.61 Å². The SMILES string of the molecule is CN=C(NCc1ccccc1CN1CCCCCC1)NCC1(CCO)CCOC1.I. The zero-order chi connectivity index (χ0) is 20.4. The Morgan fingerprint density at radius 1 is 1.13 bits per heavy atom. The molecule has 0 aliphatic carbocycles. The van der Waals surface area contributed by atoms with Crippen molar-refractivity contribution in [2.24, 2.45) is 10.4 Å². The van der Waals surface area contributed by atoms with Crippen LogP contribution in [0.4, 0.5) is 0 Å². The van der Waals surface area contributed by atoms with Crippen LogP contribution in [-0.2, 0) is 17.8 Å². The molecule has 0 spiro atoms. The molecule has 2 fully saturated rings. The van der Waals surface area contributed by atoms with Crippen LogP contribution in [0.15, 0.2) is 29.3 Å². The summed E-state index contributed by atoms with van der Waals surface area (Å²) < 4.78 is 5.59. The fourth-order valence-corrected chi connectivity index (χ4v) is 4.40. The monoisotopic (exact) mass is 530 g/mol. The molecule has 0 aromatic heterocycles. The number of aliphatic hydroxyl groups excluding tert-OH is 1. The van der Waals surface area contributed by atoms with Crippen molar-refractivity contribution in [3.05, 3.63) is 35.4 Å². The van der Waals surface area contributed by atoms with Crippen molar-refractivity contribution in [3.63, 3.8) is 0 Å². The van der Waals surface area contributed by atoms with Gasteiger partial charge in [0.15, 0.2) is 5.96 Å². The molecule has 1 atom stereocenters. The lowest BCUT2D eigenvalue weighted by Gasteiger charge is -2.28. The lowest BCUT2D eigenvalue weighted by Crippen LogP contribution is -2.44. The minimum absolute atomic E-state index is 0. The Balaban J connectivity index is 0.00000320. The number of ether oxygens (including phenoxy) is 1. The third kappa shape index (κ3) is 7.66. The standard InChI is InChI=1S/C23H38N4O2.HI/c1-24-22(26-18-23(10-14-28)11-15-29-19-23)25-16-20-8-4-5-9-21(20)17-27-12-6-2-3-7-13-27;/h4-5,8-9,28H,2-3,6-7,10-19H2,1H3,(H2,24,25,26);1H. The van der Waals surface area contributed by atoms with Crippen LogP contribution in [0, 0.1) is 5.41 Å². The summed E-state index contributed by atoms with van der Waals surface area (Å²) >= 11 is 0. The molecular formula is C23H39IN4O2. The van der Waals surface area contributed by atoms with Crippen LogP contribution in [0.25, 0.3) is 0 Å². The Labute approximate surface area is 198 Å². The van der Waals surface area contributed by atoms with E-state index in [1.54, 1.807) is 0 Å². The molecule has 3 N–H and O–H groups in total. The van der Waals surface area contributed by atoms with Gasteiger partial charge in [0.05, 0.1) is 6.61 Å². The second kappa shape index (κ2) is 13.5. The summed E-state index contributed by atoms with van der Waals surface area (Å²) in [7, 11) is 1.81. The van der Waals surface area contributed by atoms with Crippen LogP contribution >= 0.6 is 24.0 Å². The number of rotatable bonds is 8. The molecule has 6 nitrogen and oxygen atoms in total. The van der Waals surface area contributed by atoms with Gasteiger partial charge in [-0.05, 0) is 49.9 Å². The molecule has 0 radical (unpaired) electrons. The number of hydrogen-bond donors (Lipinski definition) is 3. The van der Waals surface area contributed by atoms with E-state index in [9.17, 15) is 5.11 Å². The normalized spacial score (nSPS) is 22.9. The van der Waals surface area contributed by atoms with Crippen LogP contribution in [0.1, 0.15) is 49.7 Å². The molecule has 0 bridgehead atoms. The topological polar surface area (TPSA) is 69.1 Å². The molecular weight excluding hydrogens is 491 g/mol. The fraction of sp³-hybridized carbons (Fsp3) is 0.696. The van der Waals surface area contributed by atoms with Gasteiger partial charge in [0, 0.05) is 45.3 Å². The van der Waals surface area contributed by atoms with Gasteiger partial charge < -0.3 is 20.5 Å². The van der Waals surface area contributed by atoms with E-state index < -0.39 is 0 Å². The van der Waals surface area contributed by atoms with Gasteiger partial charge >= 0.3 is 0 Å². The molecule has 0 amide bonds. The number of hydrogen-bond acceptors (Lipinski definition) is 4. The highest BCUT2D eigenvalue weighted by atomic mass is 127. The van der Waals surface area contributed by atoms with Crippen LogP contribution in [0.5, 0.6) is 0 Å². The molecule has 7 heteroatoms. The minimum atomic E-state index is 0. The predicted molar refractivity (Wildman–Crippen MR) is 133 cm³/mol. The number of guanidine groups is 1. The van der Waals surface area contributed by atoms with Crippen molar-refractivity contribution in [2.75, 3.05) is 46.5 Å². The van der Waals surface area contributed by atoms with E-state index in [2.05, 4.69) is 44.8 Å². The fourth-order valence-electron chi connectivity index (χ4n) is 4.40. The Morgan fingerprint density at radius 3 is 2.50 bits per heavy atom. The largest absolute Gasteiger partial charge is 0.396 e. The summed E-state index contributed by atoms with van der Waals surface area (Å²) in [6, 6.07) is 8.73. The van der Waals surface area contributed by atoms with Crippen molar-refractivity contribution in [2.45, 2.75) is 51.6 Å². The molecule has 170 valence electrons. The number of likely N-dealkylation sites (tertiary alicyclic amines) is 1. The number of nitrogens with one attached hydrogen (secondary N) is 2. The van der Waals surface area contributed by atoms with Crippen molar-refractivity contribution < 1.29 is 9.84 Å². The molecule has 2 saturated heterocycles. The second-order valence-corrected chi connectivity index (χ2v) is 8.51. The zero-order valence-corrected chi connectivity index (χ0v) is 20.7. The first kappa shape index (κ1) is 25.4. The highest BCUT2D eigenvalue weighted by Gasteiger charge is 2.34. The maximum absolute atomic E-state index is 9.42. The summed E-state index contributed by atoms with van der Waals surface area (Å²) in [6.45, 7) is 6.64. The van der Waals surface area contributed by atoms with Crippen LogP contribution in [0.2, 0.25) is 0 Å². The summed E-state index contributed by atoms with van der Waals surface area (Å²) in [4.78, 5) is 6.99. The van der Waals surface area contributed by atoms with Crippen molar-refractivity contribution in [1.82, 2.24) is 15.5 Å². The lowest BCUT2D eigenvalue weighted by atomic mass is 9.84. The smallest absolute Gasteiger partial charge is 0.191 e. The van der Waals surface area contributed by atoms with Gasteiger partial charge in [0.1, 0.15) is 0 Å². The van der Waals surface area contributed by atoms with Crippen LogP contribution in [-0.4, -0.2) is 62.5 Å². The first-order chi connectivity index (χ1) is 14.2. The molecule has 1 unspecified atom stereocenters. The first-order valence-electron chi connectivity index (χ1n) is 11.2. The van der Waals surface area contributed by atoms with Gasteiger partial charge in [-0.25, -0.2) is 0 Å². The predicted octanol–water partition coefficient (Wildman–Crippen LogP) is 3.13. The maximum atomic E-state index is 9.42. The maximum Gasteiger partial charge on any atom is 0.191 e. The van der Waals surface area contributed by atoms with Gasteiger partial charge in [0.25, 0.3) is 0 Å². The zero-order valence-electron chi connectivity index (χ0n) is 18.4. The molecule has 3 rings (SSSR count). The Kier molecular flexibility index (Phi) is 11.4. The minimum Gasteiger partial charge on any atom is -0.396 e. The first-order valence-corrected chi connectivity index (χ1v) is 11.2. The Morgan fingerprint density at radius 2 is 1.87 bits per heavy atom. The van der Waals surface area contributed by atoms with E-state index >= 15 is 0 Å². The van der Waals surface area contributed by atoms with Gasteiger partial charge in [-0.3, -0.25) is 9.89 Å². The molecule has 1 aromatic carbocycles. The van der Waals surface area contributed by atoms with Crippen molar-refractivity contribution >= 4 is 29.9 Å². The van der Waals surface area contributed by atoms with E-state index in [4.69, 9.17) is 4.74 Å². The van der Waals surface area contributed by atoms with E-state index in [-0.39, 0.29) is 36.0 Å². The number of nitrogens with zero attached hydrogens (tertiary/aromatic N) is 2. The number of aliphatic imine (C=N–C) groups is 1. The number of aliphatic hydroxyl groups is 1. The number of benzene rings is 1. The van der Waals surface area contributed by atoms with Crippen LogP contribution < -0.4 is 10.6 Å². The quantitative estimate of drug-likeness (QED) is 0.274. The second-order valence-electron chi connectivity index (χ2n) is 8.51. The van der Waals surface area contributed by atoms with Gasteiger partial charge in [-0.15, -0.1) is 24.0 Å². The van der Waals surface area contributed by atoms with Crippen molar-refractivity contribution in [1.29, 1.82) is 0 Å². The molecule has 2 heterocycles. The summed E-state index contributed by atoms with van der Waals surface area (Å²) in [6.07, 6.45) is 7.10. The summed E-state index contributed by atoms with van der Waals surface area (Å²) in [5.41, 5.74) is 2.74. The summed E-state index contributed by atoms with van der Waals surface area (Å²) in [5.74, 6) is 0.804. The average Bonchev–Trinajstić information content (AvgIpc) is 3.05. The van der Waals surface area contributed by atoms with Crippen molar-refractivity contribution in [3.8, 4) is 0 Å². The molecule has 0 saturated carbocycles.